The average molecular weight is 258 g/mol. The highest BCUT2D eigenvalue weighted by Crippen LogP contribution is 2.28. The fourth-order valence-electron chi connectivity index (χ4n) is 2.07. The van der Waals surface area contributed by atoms with Crippen LogP contribution >= 0.6 is 0 Å². The normalized spacial score (nSPS) is 17.3. The summed E-state index contributed by atoms with van der Waals surface area (Å²) >= 11 is 0. The Morgan fingerprint density at radius 3 is 3.00 bits per heavy atom. The molecule has 0 saturated carbocycles. The Morgan fingerprint density at radius 2 is 2.26 bits per heavy atom. The lowest BCUT2D eigenvalue weighted by Gasteiger charge is -2.26. The lowest BCUT2D eigenvalue weighted by atomic mass is 10.1. The summed E-state index contributed by atoms with van der Waals surface area (Å²) in [6.07, 6.45) is 3.03. The Bertz CT molecular complexity index is 595. The summed E-state index contributed by atoms with van der Waals surface area (Å²) < 4.78 is 5.39. The van der Waals surface area contributed by atoms with Crippen LogP contribution in [-0.2, 0) is 0 Å². The number of hydrogen-bond donors (Lipinski definition) is 3. The molecule has 1 amide bonds. The van der Waals surface area contributed by atoms with Gasteiger partial charge in [0.2, 0.25) is 0 Å². The molecule has 1 atom stereocenters. The molecule has 1 aliphatic heterocycles. The number of rotatable bonds is 3. The van der Waals surface area contributed by atoms with Crippen LogP contribution in [0.1, 0.15) is 29.3 Å². The number of benzene rings is 1. The van der Waals surface area contributed by atoms with Gasteiger partial charge >= 0.3 is 0 Å². The molecule has 19 heavy (non-hydrogen) atoms. The number of nitrogens with zero attached hydrogens (tertiary/aromatic N) is 1. The molecular weight excluding hydrogens is 244 g/mol. The summed E-state index contributed by atoms with van der Waals surface area (Å²) in [5.74, 6) is 1.22. The number of aromatic amines is 1. The van der Waals surface area contributed by atoms with Crippen LogP contribution in [0.3, 0.4) is 0 Å². The van der Waals surface area contributed by atoms with Crippen molar-refractivity contribution in [3.63, 3.8) is 0 Å². The highest BCUT2D eigenvalue weighted by Gasteiger charge is 2.26. The van der Waals surface area contributed by atoms with Gasteiger partial charge in [0, 0.05) is 18.1 Å². The second-order valence-corrected chi connectivity index (χ2v) is 4.17. The predicted molar refractivity (Wildman–Crippen MR) is 70.0 cm³/mol. The molecule has 1 unspecified atom stereocenters. The molecule has 0 spiro atoms. The molecule has 2 heterocycles. The molecule has 0 aliphatic carbocycles. The maximum Gasteiger partial charge on any atom is 0.255 e. The van der Waals surface area contributed by atoms with Gasteiger partial charge < -0.3 is 20.4 Å². The van der Waals surface area contributed by atoms with E-state index in [2.05, 4.69) is 20.6 Å². The van der Waals surface area contributed by atoms with Crippen LogP contribution in [0.25, 0.3) is 0 Å². The number of nitrogens with one attached hydrogen (secondary N) is 3. The van der Waals surface area contributed by atoms with E-state index in [0.29, 0.717) is 23.7 Å². The molecule has 3 rings (SSSR count). The van der Waals surface area contributed by atoms with Crippen molar-refractivity contribution in [3.8, 4) is 5.75 Å². The average Bonchev–Trinajstić information content (AvgIpc) is 2.93. The quantitative estimate of drug-likeness (QED) is 0.782. The van der Waals surface area contributed by atoms with E-state index in [9.17, 15) is 4.79 Å². The number of hydrogen-bond acceptors (Lipinski definition) is 4. The van der Waals surface area contributed by atoms with Gasteiger partial charge in [0.1, 0.15) is 11.6 Å². The SMILES string of the molecule is CCOc1ccc2c(c1)C(=O)NC(c1ncc[nH]1)N2. The largest absolute Gasteiger partial charge is 0.494 e. The number of fused-ring (bicyclic) bond motifs is 1. The Hall–Kier alpha value is -2.50. The van der Waals surface area contributed by atoms with Gasteiger partial charge in [-0.3, -0.25) is 4.79 Å². The fraction of sp³-hybridized carbons (Fsp3) is 0.231. The third kappa shape index (κ3) is 2.12. The fourth-order valence-corrected chi connectivity index (χ4v) is 2.07. The highest BCUT2D eigenvalue weighted by molar-refractivity contribution is 6.02. The summed E-state index contributed by atoms with van der Waals surface area (Å²) in [6.45, 7) is 2.48. The van der Waals surface area contributed by atoms with E-state index in [1.807, 2.05) is 19.1 Å². The van der Waals surface area contributed by atoms with Gasteiger partial charge in [-0.1, -0.05) is 0 Å². The van der Waals surface area contributed by atoms with Crippen LogP contribution in [0.2, 0.25) is 0 Å². The van der Waals surface area contributed by atoms with Crippen molar-refractivity contribution in [2.75, 3.05) is 11.9 Å². The van der Waals surface area contributed by atoms with Crippen LogP contribution in [0.4, 0.5) is 5.69 Å². The summed E-state index contributed by atoms with van der Waals surface area (Å²) in [5, 5.41) is 6.06. The smallest absolute Gasteiger partial charge is 0.255 e. The molecule has 0 fully saturated rings. The maximum absolute atomic E-state index is 12.1. The first kappa shape index (κ1) is 11.6. The monoisotopic (exact) mass is 258 g/mol. The molecule has 6 nitrogen and oxygen atoms in total. The highest BCUT2D eigenvalue weighted by atomic mass is 16.5. The molecule has 6 heteroatoms. The van der Waals surface area contributed by atoms with E-state index < -0.39 is 0 Å². The summed E-state index contributed by atoms with van der Waals surface area (Å²) in [6, 6.07) is 5.42. The predicted octanol–water partition coefficient (Wildman–Crippen LogP) is 1.66. The van der Waals surface area contributed by atoms with Crippen molar-refractivity contribution in [3.05, 3.63) is 42.0 Å². The van der Waals surface area contributed by atoms with Crippen LogP contribution in [0, 0.1) is 0 Å². The first-order chi connectivity index (χ1) is 9.28. The molecule has 1 aromatic heterocycles. The molecule has 0 saturated heterocycles. The Balaban J connectivity index is 1.91. The van der Waals surface area contributed by atoms with Gasteiger partial charge in [-0.05, 0) is 25.1 Å². The zero-order valence-electron chi connectivity index (χ0n) is 10.4. The second-order valence-electron chi connectivity index (χ2n) is 4.17. The van der Waals surface area contributed by atoms with Crippen molar-refractivity contribution in [1.82, 2.24) is 15.3 Å². The van der Waals surface area contributed by atoms with E-state index in [1.165, 1.54) is 0 Å². The lowest BCUT2D eigenvalue weighted by Crippen LogP contribution is -2.39. The molecule has 98 valence electrons. The van der Waals surface area contributed by atoms with E-state index in [-0.39, 0.29) is 12.1 Å². The number of amides is 1. The third-order valence-corrected chi connectivity index (χ3v) is 2.91. The van der Waals surface area contributed by atoms with Gasteiger partial charge in [0.25, 0.3) is 5.91 Å². The van der Waals surface area contributed by atoms with Gasteiger partial charge in [0.05, 0.1) is 12.2 Å². The van der Waals surface area contributed by atoms with Gasteiger partial charge in [-0.15, -0.1) is 0 Å². The zero-order valence-corrected chi connectivity index (χ0v) is 10.4. The van der Waals surface area contributed by atoms with Gasteiger partial charge in [0.15, 0.2) is 6.17 Å². The lowest BCUT2D eigenvalue weighted by molar-refractivity contribution is 0.0933. The van der Waals surface area contributed by atoms with E-state index in [0.717, 1.165) is 5.69 Å². The maximum atomic E-state index is 12.1. The van der Waals surface area contributed by atoms with Crippen LogP contribution < -0.4 is 15.4 Å². The minimum Gasteiger partial charge on any atom is -0.494 e. The first-order valence-electron chi connectivity index (χ1n) is 6.11. The van der Waals surface area contributed by atoms with Gasteiger partial charge in [-0.2, -0.15) is 0 Å². The summed E-state index contributed by atoms with van der Waals surface area (Å²) in [5.41, 5.74) is 1.35. The number of anilines is 1. The minimum atomic E-state index is -0.340. The Morgan fingerprint density at radius 1 is 1.37 bits per heavy atom. The van der Waals surface area contributed by atoms with Crippen LogP contribution in [0.5, 0.6) is 5.75 Å². The number of carbonyl (C=O) groups is 1. The van der Waals surface area contributed by atoms with Crippen molar-refractivity contribution in [1.29, 1.82) is 0 Å². The first-order valence-corrected chi connectivity index (χ1v) is 6.11. The van der Waals surface area contributed by atoms with E-state index >= 15 is 0 Å². The Labute approximate surface area is 110 Å². The van der Waals surface area contributed by atoms with E-state index in [1.54, 1.807) is 18.5 Å². The second kappa shape index (κ2) is 4.64. The van der Waals surface area contributed by atoms with Crippen molar-refractivity contribution < 1.29 is 9.53 Å². The number of aromatic nitrogens is 2. The molecule has 3 N–H and O–H groups in total. The summed E-state index contributed by atoms with van der Waals surface area (Å²) in [7, 11) is 0. The molecule has 2 aromatic rings. The zero-order chi connectivity index (χ0) is 13.2. The molecule has 0 radical (unpaired) electrons. The molecule has 1 aromatic carbocycles. The van der Waals surface area contributed by atoms with Crippen molar-refractivity contribution in [2.45, 2.75) is 13.1 Å². The van der Waals surface area contributed by atoms with Crippen LogP contribution in [0.15, 0.2) is 30.6 Å². The number of imidazole rings is 1. The van der Waals surface area contributed by atoms with Crippen LogP contribution in [-0.4, -0.2) is 22.5 Å². The molecule has 1 aliphatic rings. The third-order valence-electron chi connectivity index (χ3n) is 2.91. The van der Waals surface area contributed by atoms with Crippen molar-refractivity contribution >= 4 is 11.6 Å². The summed E-state index contributed by atoms with van der Waals surface area (Å²) in [4.78, 5) is 19.2. The molecule has 0 bridgehead atoms. The van der Waals surface area contributed by atoms with Gasteiger partial charge in [-0.25, -0.2) is 4.98 Å². The molecular formula is C13H14N4O2. The number of carbonyl (C=O) groups excluding carboxylic acids is 1. The minimum absolute atomic E-state index is 0.142. The standard InChI is InChI=1S/C13H14N4O2/c1-2-19-8-3-4-10-9(7-8)13(18)17-12(16-10)11-14-5-6-15-11/h3-7,12,16H,2H2,1H3,(H,14,15)(H,17,18). The van der Waals surface area contributed by atoms with Crippen molar-refractivity contribution in [2.24, 2.45) is 0 Å². The number of ether oxygens (including phenoxy) is 1. The Kier molecular flexibility index (Phi) is 2.83. The topological polar surface area (TPSA) is 79.0 Å². The number of H-pyrrole nitrogens is 1. The van der Waals surface area contributed by atoms with E-state index in [4.69, 9.17) is 4.74 Å².